The number of aliphatic hydroxyl groups is 1. The third-order valence-corrected chi connectivity index (χ3v) is 3.29. The summed E-state index contributed by atoms with van der Waals surface area (Å²) in [6.07, 6.45) is 3.99. The zero-order chi connectivity index (χ0) is 11.5. The predicted octanol–water partition coefficient (Wildman–Crippen LogP) is 2.82. The second-order valence-corrected chi connectivity index (χ2v) is 4.34. The van der Waals surface area contributed by atoms with Gasteiger partial charge >= 0.3 is 0 Å². The van der Waals surface area contributed by atoms with Crippen LogP contribution in [0.4, 0.5) is 5.69 Å². The van der Waals surface area contributed by atoms with E-state index in [2.05, 4.69) is 0 Å². The van der Waals surface area contributed by atoms with Crippen LogP contribution in [-0.4, -0.2) is 10.0 Å². The van der Waals surface area contributed by atoms with Gasteiger partial charge in [-0.25, -0.2) is 0 Å². The van der Waals surface area contributed by atoms with Crippen molar-refractivity contribution in [2.24, 2.45) is 5.92 Å². The fourth-order valence-corrected chi connectivity index (χ4v) is 2.34. The van der Waals surface area contributed by atoms with Crippen LogP contribution in [-0.2, 0) is 0 Å². The molecule has 2 rings (SSSR count). The molecule has 1 saturated carbocycles. The van der Waals surface area contributed by atoms with E-state index in [0.29, 0.717) is 5.92 Å². The standard InChI is InChI=1S/C12H15NO3/c14-12(9-3-1-2-4-9)10-5-7-11(8-6-10)13(15)16/h5-9,12,14H,1-4H2. The number of nitro groups is 1. The number of aliphatic hydroxyl groups excluding tert-OH is 1. The molecule has 1 aliphatic rings. The fourth-order valence-electron chi connectivity index (χ4n) is 2.34. The number of benzene rings is 1. The molecule has 0 aromatic heterocycles. The molecule has 0 radical (unpaired) electrons. The highest BCUT2D eigenvalue weighted by molar-refractivity contribution is 5.33. The van der Waals surface area contributed by atoms with Crippen LogP contribution in [0, 0.1) is 16.0 Å². The molecular weight excluding hydrogens is 206 g/mol. The van der Waals surface area contributed by atoms with Crippen molar-refractivity contribution in [2.45, 2.75) is 31.8 Å². The smallest absolute Gasteiger partial charge is 0.269 e. The Morgan fingerprint density at radius 1 is 1.25 bits per heavy atom. The summed E-state index contributed by atoms with van der Waals surface area (Å²) in [7, 11) is 0. The SMILES string of the molecule is O=[N+]([O-])c1ccc(C(O)C2CCCC2)cc1. The van der Waals surface area contributed by atoms with Crippen molar-refractivity contribution < 1.29 is 10.0 Å². The summed E-state index contributed by atoms with van der Waals surface area (Å²) in [5.74, 6) is 0.321. The summed E-state index contributed by atoms with van der Waals surface area (Å²) in [6.45, 7) is 0. The van der Waals surface area contributed by atoms with E-state index >= 15 is 0 Å². The molecule has 4 heteroatoms. The van der Waals surface area contributed by atoms with Gasteiger partial charge in [-0.1, -0.05) is 12.8 Å². The lowest BCUT2D eigenvalue weighted by atomic mass is 9.94. The van der Waals surface area contributed by atoms with Gasteiger partial charge in [0, 0.05) is 12.1 Å². The van der Waals surface area contributed by atoms with Crippen molar-refractivity contribution >= 4 is 5.69 Å². The molecule has 0 amide bonds. The van der Waals surface area contributed by atoms with Gasteiger partial charge in [0.15, 0.2) is 0 Å². The molecule has 0 heterocycles. The average Bonchev–Trinajstić information content (AvgIpc) is 2.81. The lowest BCUT2D eigenvalue weighted by molar-refractivity contribution is -0.384. The van der Waals surface area contributed by atoms with E-state index in [1.165, 1.54) is 25.0 Å². The predicted molar refractivity (Wildman–Crippen MR) is 60.0 cm³/mol. The number of hydrogen-bond acceptors (Lipinski definition) is 3. The molecule has 16 heavy (non-hydrogen) atoms. The third-order valence-electron chi connectivity index (χ3n) is 3.29. The van der Waals surface area contributed by atoms with Crippen molar-refractivity contribution in [3.63, 3.8) is 0 Å². The summed E-state index contributed by atoms with van der Waals surface area (Å²) in [5.41, 5.74) is 0.861. The van der Waals surface area contributed by atoms with Crippen LogP contribution in [0.15, 0.2) is 24.3 Å². The Kier molecular flexibility index (Phi) is 3.19. The Bertz CT molecular complexity index is 368. The first-order valence-corrected chi connectivity index (χ1v) is 5.61. The van der Waals surface area contributed by atoms with E-state index in [1.54, 1.807) is 12.1 Å². The van der Waals surface area contributed by atoms with E-state index in [-0.39, 0.29) is 5.69 Å². The average molecular weight is 221 g/mol. The maximum atomic E-state index is 10.5. The molecule has 1 fully saturated rings. The van der Waals surface area contributed by atoms with Crippen LogP contribution in [0.5, 0.6) is 0 Å². The maximum absolute atomic E-state index is 10.5. The lowest BCUT2D eigenvalue weighted by Crippen LogP contribution is -2.08. The molecule has 1 unspecified atom stereocenters. The second kappa shape index (κ2) is 4.61. The Labute approximate surface area is 94.1 Å². The minimum absolute atomic E-state index is 0.0716. The van der Waals surface area contributed by atoms with Gasteiger partial charge in [-0.05, 0) is 36.5 Å². The number of rotatable bonds is 3. The fraction of sp³-hybridized carbons (Fsp3) is 0.500. The second-order valence-electron chi connectivity index (χ2n) is 4.34. The summed E-state index contributed by atoms with van der Waals surface area (Å²) < 4.78 is 0. The number of non-ortho nitro benzene ring substituents is 1. The third kappa shape index (κ3) is 2.22. The first kappa shape index (κ1) is 11.1. The highest BCUT2D eigenvalue weighted by Gasteiger charge is 2.24. The van der Waals surface area contributed by atoms with E-state index in [0.717, 1.165) is 18.4 Å². The minimum Gasteiger partial charge on any atom is -0.388 e. The van der Waals surface area contributed by atoms with Crippen LogP contribution < -0.4 is 0 Å². The van der Waals surface area contributed by atoms with E-state index in [9.17, 15) is 15.2 Å². The van der Waals surface area contributed by atoms with Crippen molar-refractivity contribution in [3.05, 3.63) is 39.9 Å². The zero-order valence-electron chi connectivity index (χ0n) is 9.00. The van der Waals surface area contributed by atoms with Gasteiger partial charge in [-0.15, -0.1) is 0 Å². The number of hydrogen-bond donors (Lipinski definition) is 1. The normalized spacial score (nSPS) is 18.6. The highest BCUT2D eigenvalue weighted by atomic mass is 16.6. The largest absolute Gasteiger partial charge is 0.388 e. The zero-order valence-corrected chi connectivity index (χ0v) is 9.00. The molecule has 0 aliphatic heterocycles. The van der Waals surface area contributed by atoms with Crippen LogP contribution >= 0.6 is 0 Å². The molecule has 1 aliphatic carbocycles. The van der Waals surface area contributed by atoms with Crippen molar-refractivity contribution in [1.82, 2.24) is 0 Å². The molecule has 0 bridgehead atoms. The molecule has 1 atom stereocenters. The Morgan fingerprint density at radius 3 is 2.31 bits per heavy atom. The molecule has 0 spiro atoms. The lowest BCUT2D eigenvalue weighted by Gasteiger charge is -2.17. The molecule has 86 valence electrons. The topological polar surface area (TPSA) is 63.4 Å². The maximum Gasteiger partial charge on any atom is 0.269 e. The first-order valence-electron chi connectivity index (χ1n) is 5.61. The first-order chi connectivity index (χ1) is 7.68. The van der Waals surface area contributed by atoms with Crippen LogP contribution in [0.2, 0.25) is 0 Å². The monoisotopic (exact) mass is 221 g/mol. The van der Waals surface area contributed by atoms with Gasteiger partial charge in [0.05, 0.1) is 11.0 Å². The number of nitro benzene ring substituents is 1. The van der Waals surface area contributed by atoms with Crippen LogP contribution in [0.25, 0.3) is 0 Å². The summed E-state index contributed by atoms with van der Waals surface area (Å²) in [6, 6.07) is 6.21. The van der Waals surface area contributed by atoms with Crippen molar-refractivity contribution in [2.75, 3.05) is 0 Å². The molecule has 1 aromatic rings. The molecule has 0 saturated heterocycles. The summed E-state index contributed by atoms with van der Waals surface area (Å²) in [5, 5.41) is 20.6. The molecule has 1 aromatic carbocycles. The highest BCUT2D eigenvalue weighted by Crippen LogP contribution is 2.35. The van der Waals surface area contributed by atoms with Gasteiger partial charge in [-0.3, -0.25) is 10.1 Å². The summed E-state index contributed by atoms with van der Waals surface area (Å²) >= 11 is 0. The van der Waals surface area contributed by atoms with Gasteiger partial charge in [0.1, 0.15) is 0 Å². The van der Waals surface area contributed by atoms with Crippen LogP contribution in [0.1, 0.15) is 37.4 Å². The van der Waals surface area contributed by atoms with Gasteiger partial charge < -0.3 is 5.11 Å². The Morgan fingerprint density at radius 2 is 1.81 bits per heavy atom. The van der Waals surface area contributed by atoms with E-state index in [1.807, 2.05) is 0 Å². The summed E-state index contributed by atoms with van der Waals surface area (Å²) in [4.78, 5) is 10.1. The molecule has 4 nitrogen and oxygen atoms in total. The van der Waals surface area contributed by atoms with Gasteiger partial charge in [-0.2, -0.15) is 0 Å². The van der Waals surface area contributed by atoms with Crippen molar-refractivity contribution in [1.29, 1.82) is 0 Å². The molecular formula is C12H15NO3. The minimum atomic E-state index is -0.469. The van der Waals surface area contributed by atoms with E-state index < -0.39 is 11.0 Å². The quantitative estimate of drug-likeness (QED) is 0.630. The van der Waals surface area contributed by atoms with Gasteiger partial charge in [0.25, 0.3) is 5.69 Å². The van der Waals surface area contributed by atoms with E-state index in [4.69, 9.17) is 0 Å². The number of nitrogens with zero attached hydrogens (tertiary/aromatic N) is 1. The Hall–Kier alpha value is -1.42. The van der Waals surface area contributed by atoms with Crippen molar-refractivity contribution in [3.8, 4) is 0 Å². The molecule has 1 N–H and O–H groups in total. The van der Waals surface area contributed by atoms with Gasteiger partial charge in [0.2, 0.25) is 0 Å². The van der Waals surface area contributed by atoms with Crippen LogP contribution in [0.3, 0.4) is 0 Å². The Balaban J connectivity index is 2.11.